The molecule has 2 N–H and O–H groups in total. The number of pyridine rings is 1. The van der Waals surface area contributed by atoms with Gasteiger partial charge in [0.25, 0.3) is 0 Å². The third-order valence-corrected chi connectivity index (χ3v) is 2.85. The highest BCUT2D eigenvalue weighted by Crippen LogP contribution is 2.18. The molecule has 0 aliphatic heterocycles. The van der Waals surface area contributed by atoms with Crippen LogP contribution in [-0.2, 0) is 6.42 Å². The minimum atomic E-state index is -0.458. The van der Waals surface area contributed by atoms with E-state index in [1.165, 1.54) is 12.1 Å². The highest BCUT2D eigenvalue weighted by Gasteiger charge is 2.06. The number of halogens is 1. The molecule has 0 amide bonds. The van der Waals surface area contributed by atoms with Gasteiger partial charge in [0.1, 0.15) is 4.99 Å². The Balaban J connectivity index is 1.95. The molecule has 0 radical (unpaired) electrons. The second-order valence-electron chi connectivity index (χ2n) is 3.96. The summed E-state index contributed by atoms with van der Waals surface area (Å²) in [5.74, 6) is -0.255. The molecule has 0 unspecified atom stereocenters. The third-order valence-electron chi connectivity index (χ3n) is 2.61. The summed E-state index contributed by atoms with van der Waals surface area (Å²) in [6.45, 7) is 0.396. The zero-order chi connectivity index (χ0) is 13.7. The molecule has 5 heteroatoms. The van der Waals surface area contributed by atoms with E-state index in [0.717, 1.165) is 5.56 Å². The van der Waals surface area contributed by atoms with Gasteiger partial charge in [0.2, 0.25) is 0 Å². The molecule has 2 rings (SSSR count). The lowest BCUT2D eigenvalue weighted by Gasteiger charge is -2.08. The number of nitrogens with zero attached hydrogens (tertiary/aromatic N) is 1. The molecule has 0 atom stereocenters. The normalized spacial score (nSPS) is 10.2. The molecule has 0 aliphatic rings. The van der Waals surface area contributed by atoms with Gasteiger partial charge >= 0.3 is 0 Å². The van der Waals surface area contributed by atoms with Crippen LogP contribution in [0.5, 0.6) is 5.75 Å². The highest BCUT2D eigenvalue weighted by molar-refractivity contribution is 7.80. The summed E-state index contributed by atoms with van der Waals surface area (Å²) in [7, 11) is 0. The van der Waals surface area contributed by atoms with Crippen LogP contribution in [0.2, 0.25) is 0 Å². The molecule has 0 fully saturated rings. The van der Waals surface area contributed by atoms with E-state index in [0.29, 0.717) is 18.6 Å². The van der Waals surface area contributed by atoms with Gasteiger partial charge in [-0.15, -0.1) is 0 Å². The Morgan fingerprint density at radius 2 is 2.00 bits per heavy atom. The molecule has 0 saturated heterocycles. The number of rotatable bonds is 5. The molecular weight excluding hydrogens is 263 g/mol. The number of hydrogen-bond donors (Lipinski definition) is 1. The van der Waals surface area contributed by atoms with E-state index < -0.39 is 5.82 Å². The van der Waals surface area contributed by atoms with Crippen LogP contribution >= 0.6 is 12.2 Å². The Hall–Kier alpha value is -2.01. The summed E-state index contributed by atoms with van der Waals surface area (Å²) in [6.07, 6.45) is 4.12. The largest absolute Gasteiger partial charge is 0.490 e. The van der Waals surface area contributed by atoms with E-state index in [9.17, 15) is 4.39 Å². The Morgan fingerprint density at radius 1 is 1.26 bits per heavy atom. The van der Waals surface area contributed by atoms with E-state index in [1.54, 1.807) is 18.5 Å². The van der Waals surface area contributed by atoms with E-state index in [2.05, 4.69) is 4.98 Å². The summed E-state index contributed by atoms with van der Waals surface area (Å²) < 4.78 is 19.1. The number of ether oxygens (including phenoxy) is 1. The van der Waals surface area contributed by atoms with Crippen molar-refractivity contribution in [3.05, 3.63) is 59.7 Å². The number of thiocarbonyl (C=S) groups is 1. The van der Waals surface area contributed by atoms with Crippen LogP contribution < -0.4 is 10.5 Å². The van der Waals surface area contributed by atoms with Gasteiger partial charge in [0.05, 0.1) is 6.61 Å². The van der Waals surface area contributed by atoms with Crippen molar-refractivity contribution in [2.45, 2.75) is 6.42 Å². The molecule has 1 aromatic heterocycles. The summed E-state index contributed by atoms with van der Waals surface area (Å²) in [5, 5.41) is 0. The first-order chi connectivity index (χ1) is 9.16. The van der Waals surface area contributed by atoms with E-state index in [-0.39, 0.29) is 10.7 Å². The first-order valence-corrected chi connectivity index (χ1v) is 6.18. The maximum atomic E-state index is 13.7. The van der Waals surface area contributed by atoms with Crippen LogP contribution in [0.3, 0.4) is 0 Å². The summed E-state index contributed by atoms with van der Waals surface area (Å²) in [4.78, 5) is 4.10. The predicted molar refractivity (Wildman–Crippen MR) is 75.7 cm³/mol. The maximum absolute atomic E-state index is 13.7. The summed E-state index contributed by atoms with van der Waals surface area (Å²) in [5.41, 5.74) is 7.01. The smallest absolute Gasteiger partial charge is 0.165 e. The van der Waals surface area contributed by atoms with Crippen molar-refractivity contribution < 1.29 is 9.13 Å². The quantitative estimate of drug-likeness (QED) is 0.852. The van der Waals surface area contributed by atoms with Crippen molar-refractivity contribution in [3.63, 3.8) is 0 Å². The van der Waals surface area contributed by atoms with Crippen molar-refractivity contribution in [1.29, 1.82) is 0 Å². The Bertz CT molecular complexity index is 575. The van der Waals surface area contributed by atoms with Crippen molar-refractivity contribution >= 4 is 17.2 Å². The highest BCUT2D eigenvalue weighted by atomic mass is 32.1. The van der Waals surface area contributed by atoms with Crippen LogP contribution in [0, 0.1) is 5.82 Å². The molecule has 3 nitrogen and oxygen atoms in total. The molecule has 98 valence electrons. The van der Waals surface area contributed by atoms with Crippen molar-refractivity contribution in [2.75, 3.05) is 6.61 Å². The zero-order valence-electron chi connectivity index (χ0n) is 10.2. The van der Waals surface area contributed by atoms with Crippen molar-refractivity contribution in [3.8, 4) is 5.75 Å². The van der Waals surface area contributed by atoms with Gasteiger partial charge in [0.15, 0.2) is 11.6 Å². The van der Waals surface area contributed by atoms with Gasteiger partial charge in [-0.3, -0.25) is 4.98 Å². The maximum Gasteiger partial charge on any atom is 0.165 e. The predicted octanol–water partition coefficient (Wildman–Crippen LogP) is 2.48. The van der Waals surface area contributed by atoms with E-state index in [1.807, 2.05) is 12.1 Å². The van der Waals surface area contributed by atoms with Crippen LogP contribution in [0.1, 0.15) is 11.1 Å². The summed E-state index contributed by atoms with van der Waals surface area (Å²) >= 11 is 4.78. The molecule has 2 aromatic rings. The second kappa shape index (κ2) is 6.24. The second-order valence-corrected chi connectivity index (χ2v) is 4.40. The minimum Gasteiger partial charge on any atom is -0.490 e. The fourth-order valence-electron chi connectivity index (χ4n) is 1.60. The standard InChI is InChI=1S/C14H13FN2OS/c15-12-9-11(14(16)19)1-2-13(12)18-8-5-10-3-6-17-7-4-10/h1-4,6-7,9H,5,8H2,(H2,16,19). The molecule has 1 aromatic carbocycles. The number of aromatic nitrogens is 1. The van der Waals surface area contributed by atoms with E-state index in [4.69, 9.17) is 22.7 Å². The van der Waals surface area contributed by atoms with Crippen LogP contribution in [0.4, 0.5) is 4.39 Å². The van der Waals surface area contributed by atoms with Gasteiger partial charge in [-0.05, 0) is 35.9 Å². The monoisotopic (exact) mass is 276 g/mol. The first kappa shape index (κ1) is 13.4. The molecular formula is C14H13FN2OS. The van der Waals surface area contributed by atoms with Gasteiger partial charge in [-0.1, -0.05) is 12.2 Å². The average molecular weight is 276 g/mol. The Morgan fingerprint density at radius 3 is 2.63 bits per heavy atom. The van der Waals surface area contributed by atoms with Crippen LogP contribution in [0.15, 0.2) is 42.7 Å². The lowest BCUT2D eigenvalue weighted by molar-refractivity contribution is 0.305. The van der Waals surface area contributed by atoms with E-state index >= 15 is 0 Å². The minimum absolute atomic E-state index is 0.169. The van der Waals surface area contributed by atoms with Gasteiger partial charge in [-0.2, -0.15) is 0 Å². The molecule has 0 aliphatic carbocycles. The summed E-state index contributed by atoms with van der Waals surface area (Å²) in [6, 6.07) is 8.26. The molecule has 1 heterocycles. The molecule has 0 bridgehead atoms. The molecule has 0 saturated carbocycles. The molecule has 19 heavy (non-hydrogen) atoms. The SMILES string of the molecule is NC(=S)c1ccc(OCCc2ccncc2)c(F)c1. The lowest BCUT2D eigenvalue weighted by atomic mass is 10.2. The Kier molecular flexibility index (Phi) is 4.41. The number of hydrogen-bond acceptors (Lipinski definition) is 3. The molecule has 0 spiro atoms. The first-order valence-electron chi connectivity index (χ1n) is 5.78. The average Bonchev–Trinajstić information content (AvgIpc) is 2.41. The topological polar surface area (TPSA) is 48.1 Å². The van der Waals surface area contributed by atoms with Gasteiger partial charge in [-0.25, -0.2) is 4.39 Å². The van der Waals surface area contributed by atoms with Crippen molar-refractivity contribution in [1.82, 2.24) is 4.98 Å². The fraction of sp³-hybridized carbons (Fsp3) is 0.143. The zero-order valence-corrected chi connectivity index (χ0v) is 11.0. The van der Waals surface area contributed by atoms with Crippen molar-refractivity contribution in [2.24, 2.45) is 5.73 Å². The van der Waals surface area contributed by atoms with Crippen LogP contribution in [0.25, 0.3) is 0 Å². The van der Waals surface area contributed by atoms with Gasteiger partial charge in [0, 0.05) is 24.4 Å². The fourth-order valence-corrected chi connectivity index (χ4v) is 1.73. The lowest BCUT2D eigenvalue weighted by Crippen LogP contribution is -2.10. The Labute approximate surface area is 116 Å². The number of benzene rings is 1. The van der Waals surface area contributed by atoms with Crippen LogP contribution in [-0.4, -0.2) is 16.6 Å². The number of nitrogens with two attached hydrogens (primary N) is 1. The van der Waals surface area contributed by atoms with Gasteiger partial charge < -0.3 is 10.5 Å². The third kappa shape index (κ3) is 3.72.